The van der Waals surface area contributed by atoms with Crippen molar-refractivity contribution in [2.24, 2.45) is 0 Å². The van der Waals surface area contributed by atoms with E-state index >= 15 is 0 Å². The van der Waals surface area contributed by atoms with Crippen molar-refractivity contribution in [3.63, 3.8) is 0 Å². The molecule has 1 aliphatic heterocycles. The minimum absolute atomic E-state index is 0.150. The van der Waals surface area contributed by atoms with E-state index in [1.807, 2.05) is 0 Å². The zero-order valence-corrected chi connectivity index (χ0v) is 15.3. The summed E-state index contributed by atoms with van der Waals surface area (Å²) in [5, 5.41) is 18.8. The highest BCUT2D eigenvalue weighted by Gasteiger charge is 2.17. The van der Waals surface area contributed by atoms with Crippen LogP contribution in [0.2, 0.25) is 0 Å². The van der Waals surface area contributed by atoms with Gasteiger partial charge in [-0.3, -0.25) is 4.98 Å². The smallest absolute Gasteiger partial charge is 0.328 e. The highest BCUT2D eigenvalue weighted by molar-refractivity contribution is 5.89. The van der Waals surface area contributed by atoms with E-state index in [1.165, 1.54) is 6.07 Å². The van der Waals surface area contributed by atoms with Crippen LogP contribution in [0.15, 0.2) is 48.7 Å². The Morgan fingerprint density at radius 2 is 1.90 bits per heavy atom. The lowest BCUT2D eigenvalue weighted by atomic mass is 10.0. The van der Waals surface area contributed by atoms with Crippen LogP contribution in [0.4, 0.5) is 8.78 Å². The number of halogens is 2. The Labute approximate surface area is 165 Å². The Kier molecular flexibility index (Phi) is 8.38. The SMILES string of the molecule is Fc1ccc(F)c(-c2cccnc2CO[C@H]2CCNC2)c1.O=C(O)C=CC(=O)O. The number of pyridine rings is 1. The number of aromatic nitrogens is 1. The molecule has 3 rings (SSSR count). The maximum atomic E-state index is 13.9. The molecule has 1 aliphatic rings. The van der Waals surface area contributed by atoms with E-state index in [1.54, 1.807) is 18.3 Å². The third-order valence-corrected chi connectivity index (χ3v) is 3.95. The van der Waals surface area contributed by atoms with E-state index in [9.17, 15) is 18.4 Å². The number of aliphatic carboxylic acids is 2. The molecule has 7 nitrogen and oxygen atoms in total. The van der Waals surface area contributed by atoms with Crippen LogP contribution >= 0.6 is 0 Å². The minimum Gasteiger partial charge on any atom is -0.478 e. The summed E-state index contributed by atoms with van der Waals surface area (Å²) in [5.74, 6) is -3.45. The second-order valence-electron chi connectivity index (χ2n) is 6.06. The molecule has 0 radical (unpaired) electrons. The van der Waals surface area contributed by atoms with Crippen LogP contribution < -0.4 is 5.32 Å². The fourth-order valence-corrected chi connectivity index (χ4v) is 2.61. The van der Waals surface area contributed by atoms with Gasteiger partial charge >= 0.3 is 11.9 Å². The van der Waals surface area contributed by atoms with E-state index in [2.05, 4.69) is 10.3 Å². The summed E-state index contributed by atoms with van der Waals surface area (Å²) in [6, 6.07) is 6.86. The molecule has 3 N–H and O–H groups in total. The van der Waals surface area contributed by atoms with Gasteiger partial charge in [-0.1, -0.05) is 6.07 Å². The Morgan fingerprint density at radius 3 is 2.52 bits per heavy atom. The maximum absolute atomic E-state index is 13.9. The third kappa shape index (κ3) is 7.40. The number of benzene rings is 1. The van der Waals surface area contributed by atoms with Crippen LogP contribution in [-0.4, -0.2) is 46.3 Å². The Balaban J connectivity index is 0.000000321. The van der Waals surface area contributed by atoms with Gasteiger partial charge in [0.1, 0.15) is 11.6 Å². The molecule has 1 saturated heterocycles. The lowest BCUT2D eigenvalue weighted by Gasteiger charge is -2.13. The third-order valence-electron chi connectivity index (χ3n) is 3.95. The first-order valence-electron chi connectivity index (χ1n) is 8.72. The number of carboxylic acid groups (broad SMARTS) is 2. The van der Waals surface area contributed by atoms with Gasteiger partial charge in [0.25, 0.3) is 0 Å². The van der Waals surface area contributed by atoms with Gasteiger partial charge in [0.2, 0.25) is 0 Å². The van der Waals surface area contributed by atoms with Gasteiger partial charge in [0, 0.05) is 36.0 Å². The normalized spacial score (nSPS) is 15.7. The topological polar surface area (TPSA) is 109 Å². The van der Waals surface area contributed by atoms with Crippen LogP contribution in [0.1, 0.15) is 12.1 Å². The summed E-state index contributed by atoms with van der Waals surface area (Å²) in [4.78, 5) is 23.4. The molecule has 2 heterocycles. The maximum Gasteiger partial charge on any atom is 0.328 e. The lowest BCUT2D eigenvalue weighted by Crippen LogP contribution is -2.17. The van der Waals surface area contributed by atoms with Gasteiger partial charge in [-0.05, 0) is 37.2 Å². The van der Waals surface area contributed by atoms with Crippen LogP contribution in [0.3, 0.4) is 0 Å². The van der Waals surface area contributed by atoms with Crippen molar-refractivity contribution < 1.29 is 33.3 Å². The van der Waals surface area contributed by atoms with Crippen molar-refractivity contribution in [1.82, 2.24) is 10.3 Å². The molecule has 0 bridgehead atoms. The molecule has 29 heavy (non-hydrogen) atoms. The van der Waals surface area contributed by atoms with Crippen molar-refractivity contribution in [3.8, 4) is 11.1 Å². The number of nitrogens with zero attached hydrogens (tertiary/aromatic N) is 1. The first kappa shape index (κ1) is 22.1. The second-order valence-corrected chi connectivity index (χ2v) is 6.06. The summed E-state index contributed by atoms with van der Waals surface area (Å²) >= 11 is 0. The van der Waals surface area contributed by atoms with Crippen molar-refractivity contribution in [2.75, 3.05) is 13.1 Å². The molecule has 0 spiro atoms. The second kappa shape index (κ2) is 11.0. The minimum atomic E-state index is -1.26. The summed E-state index contributed by atoms with van der Waals surface area (Å²) in [5.41, 5.74) is 1.40. The molecule has 1 aromatic carbocycles. The van der Waals surface area contributed by atoms with Crippen molar-refractivity contribution in [3.05, 3.63) is 66.0 Å². The zero-order valence-electron chi connectivity index (χ0n) is 15.3. The highest BCUT2D eigenvalue weighted by Crippen LogP contribution is 2.26. The molecule has 1 fully saturated rings. The van der Waals surface area contributed by atoms with Gasteiger partial charge in [-0.25, -0.2) is 18.4 Å². The Hall–Kier alpha value is -3.17. The standard InChI is InChI=1S/C16H16F2N2O.C4H4O4/c17-11-3-4-15(18)14(8-11)13-2-1-6-20-16(13)10-21-12-5-7-19-9-12;5-3(6)1-2-4(7)8/h1-4,6,8,12,19H,5,7,9-10H2;1-2H,(H,5,6)(H,7,8)/t12-;/m0./s1. The van der Waals surface area contributed by atoms with Crippen molar-refractivity contribution in [1.29, 1.82) is 0 Å². The molecular weight excluding hydrogens is 386 g/mol. The Morgan fingerprint density at radius 1 is 1.17 bits per heavy atom. The molecular formula is C20H20F2N2O5. The molecule has 0 aliphatic carbocycles. The van der Waals surface area contributed by atoms with E-state index < -0.39 is 23.6 Å². The van der Waals surface area contributed by atoms with Crippen LogP contribution in [-0.2, 0) is 20.9 Å². The number of ether oxygens (including phenoxy) is 1. The molecule has 1 aromatic heterocycles. The largest absolute Gasteiger partial charge is 0.478 e. The number of rotatable bonds is 6. The summed E-state index contributed by atoms with van der Waals surface area (Å²) in [6.07, 6.45) is 3.85. The number of carbonyl (C=O) groups is 2. The molecule has 0 amide bonds. The van der Waals surface area contributed by atoms with Gasteiger partial charge in [-0.15, -0.1) is 0 Å². The monoisotopic (exact) mass is 406 g/mol. The molecule has 9 heteroatoms. The zero-order chi connectivity index (χ0) is 21.2. The molecule has 154 valence electrons. The van der Waals surface area contributed by atoms with E-state index in [4.69, 9.17) is 14.9 Å². The number of nitrogens with one attached hydrogen (secondary N) is 1. The summed E-state index contributed by atoms with van der Waals surface area (Å²) in [6.45, 7) is 2.05. The van der Waals surface area contributed by atoms with Gasteiger partial charge in [0.15, 0.2) is 0 Å². The fourth-order valence-electron chi connectivity index (χ4n) is 2.61. The number of hydrogen-bond acceptors (Lipinski definition) is 5. The average molecular weight is 406 g/mol. The number of hydrogen-bond donors (Lipinski definition) is 3. The van der Waals surface area contributed by atoms with Crippen molar-refractivity contribution in [2.45, 2.75) is 19.1 Å². The molecule has 0 saturated carbocycles. The van der Waals surface area contributed by atoms with Gasteiger partial charge in [0.05, 0.1) is 18.4 Å². The summed E-state index contributed by atoms with van der Waals surface area (Å²) < 4.78 is 33.1. The first-order valence-corrected chi connectivity index (χ1v) is 8.72. The van der Waals surface area contributed by atoms with Gasteiger partial charge < -0.3 is 20.3 Å². The molecule has 1 atom stereocenters. The Bertz CT molecular complexity index is 867. The quantitative estimate of drug-likeness (QED) is 0.633. The number of carboxylic acids is 2. The van der Waals surface area contributed by atoms with Crippen LogP contribution in [0.25, 0.3) is 11.1 Å². The van der Waals surface area contributed by atoms with Gasteiger partial charge in [-0.2, -0.15) is 0 Å². The van der Waals surface area contributed by atoms with E-state index in [0.717, 1.165) is 31.6 Å². The first-order chi connectivity index (χ1) is 13.9. The highest BCUT2D eigenvalue weighted by atomic mass is 19.1. The van der Waals surface area contributed by atoms with Crippen molar-refractivity contribution >= 4 is 11.9 Å². The lowest BCUT2D eigenvalue weighted by molar-refractivity contribution is -0.134. The fraction of sp³-hybridized carbons (Fsp3) is 0.250. The average Bonchev–Trinajstić information content (AvgIpc) is 3.21. The van der Waals surface area contributed by atoms with E-state index in [0.29, 0.717) is 30.0 Å². The molecule has 0 unspecified atom stereocenters. The van der Waals surface area contributed by atoms with Crippen LogP contribution in [0.5, 0.6) is 0 Å². The molecule has 2 aromatic rings. The van der Waals surface area contributed by atoms with E-state index in [-0.39, 0.29) is 11.7 Å². The van der Waals surface area contributed by atoms with Crippen LogP contribution in [0, 0.1) is 11.6 Å². The predicted molar refractivity (Wildman–Crippen MR) is 100 cm³/mol. The predicted octanol–water partition coefficient (Wildman–Crippen LogP) is 2.62. The summed E-state index contributed by atoms with van der Waals surface area (Å²) in [7, 11) is 0.